The van der Waals surface area contributed by atoms with Gasteiger partial charge in [0.15, 0.2) is 6.29 Å². The average Bonchev–Trinajstić information content (AvgIpc) is 3.68. The second-order valence-electron chi connectivity index (χ2n) is 16.7. The van der Waals surface area contributed by atoms with Gasteiger partial charge in [-0.3, -0.25) is 9.69 Å². The summed E-state index contributed by atoms with van der Waals surface area (Å²) in [6, 6.07) is 6.00. The smallest absolute Gasteiger partial charge is 0.320 e. The Morgan fingerprint density at radius 2 is 1.00 bits per heavy atom. The molecule has 1 aromatic rings. The molecule has 0 aliphatic carbocycles. The molecule has 0 aromatic heterocycles. The first-order valence-corrected chi connectivity index (χ1v) is 23.8. The number of esters is 1. The van der Waals surface area contributed by atoms with Crippen LogP contribution in [0.15, 0.2) is 42.5 Å². The Balaban J connectivity index is 1.67. The maximum absolute atomic E-state index is 12.0. The van der Waals surface area contributed by atoms with Crippen molar-refractivity contribution >= 4 is 5.97 Å². The summed E-state index contributed by atoms with van der Waals surface area (Å²) in [5.74, 6) is 1.30. The monoisotopic (exact) mass is 798 g/mol. The molecule has 2 atom stereocenters. The maximum Gasteiger partial charge on any atom is 0.320 e. The van der Waals surface area contributed by atoms with Gasteiger partial charge in [-0.25, -0.2) is 0 Å². The van der Waals surface area contributed by atoms with Gasteiger partial charge >= 0.3 is 5.97 Å². The van der Waals surface area contributed by atoms with Crippen LogP contribution in [0.4, 0.5) is 0 Å². The number of carbonyl (C=O) groups excluding carboxylic acids is 1. The maximum atomic E-state index is 12.0. The van der Waals surface area contributed by atoms with E-state index in [1.165, 1.54) is 167 Å². The van der Waals surface area contributed by atoms with Crippen LogP contribution >= 0.6 is 0 Å². The number of benzene rings is 1. The molecule has 1 heterocycles. The molecule has 0 radical (unpaired) electrons. The Labute approximate surface area is 351 Å². The van der Waals surface area contributed by atoms with Gasteiger partial charge in [0.05, 0.1) is 26.4 Å². The van der Waals surface area contributed by atoms with E-state index in [-0.39, 0.29) is 25.2 Å². The second kappa shape index (κ2) is 36.7. The van der Waals surface area contributed by atoms with Crippen LogP contribution < -0.4 is 9.47 Å². The van der Waals surface area contributed by atoms with E-state index in [2.05, 4.69) is 38.2 Å². The summed E-state index contributed by atoms with van der Waals surface area (Å²) in [4.78, 5) is 13.8. The predicted octanol–water partition coefficient (Wildman–Crippen LogP) is 14.0. The average molecular weight is 798 g/mol. The molecular weight excluding hydrogens is 711 g/mol. The molecule has 1 saturated heterocycles. The lowest BCUT2D eigenvalue weighted by Gasteiger charge is -2.16. The summed E-state index contributed by atoms with van der Waals surface area (Å²) in [7, 11) is 3.69. The van der Waals surface area contributed by atoms with Crippen molar-refractivity contribution in [2.24, 2.45) is 0 Å². The Morgan fingerprint density at radius 1 is 0.596 bits per heavy atom. The normalized spacial score (nSPS) is 15.7. The molecule has 57 heavy (non-hydrogen) atoms. The summed E-state index contributed by atoms with van der Waals surface area (Å²) in [6.07, 6.45) is 44.8. The first-order chi connectivity index (χ1) is 28.0. The van der Waals surface area contributed by atoms with Crippen molar-refractivity contribution in [1.29, 1.82) is 0 Å². The summed E-state index contributed by atoms with van der Waals surface area (Å²) < 4.78 is 30.1. The fourth-order valence-corrected chi connectivity index (χ4v) is 7.18. The van der Waals surface area contributed by atoms with Gasteiger partial charge in [-0.1, -0.05) is 154 Å². The Hall–Kier alpha value is -2.35. The SMILES string of the molecule is CCCCCCCCC=CCCCCCCCCOc1cc(OCCCCCCCCC=CCCCCCCCC)cc(C2OCC(COC(=O)CN(C)C)O2)c1. The molecule has 0 amide bonds. The van der Waals surface area contributed by atoms with E-state index < -0.39 is 6.29 Å². The van der Waals surface area contributed by atoms with E-state index in [0.717, 1.165) is 29.9 Å². The van der Waals surface area contributed by atoms with E-state index >= 15 is 0 Å². The largest absolute Gasteiger partial charge is 0.493 e. The zero-order valence-electron chi connectivity index (χ0n) is 37.4. The van der Waals surface area contributed by atoms with Crippen LogP contribution in [0, 0.1) is 0 Å². The van der Waals surface area contributed by atoms with Crippen LogP contribution in [-0.4, -0.2) is 64.0 Å². The van der Waals surface area contributed by atoms with Crippen LogP contribution in [0.25, 0.3) is 0 Å². The number of ether oxygens (including phenoxy) is 5. The zero-order valence-corrected chi connectivity index (χ0v) is 37.4. The van der Waals surface area contributed by atoms with Gasteiger partial charge in [-0.15, -0.1) is 0 Å². The van der Waals surface area contributed by atoms with E-state index in [1.54, 1.807) is 4.90 Å². The number of unbranched alkanes of at least 4 members (excludes halogenated alkanes) is 24. The minimum Gasteiger partial charge on any atom is -0.493 e. The Morgan fingerprint density at radius 3 is 1.42 bits per heavy atom. The molecule has 1 fully saturated rings. The van der Waals surface area contributed by atoms with E-state index in [1.807, 2.05) is 32.3 Å². The molecule has 2 unspecified atom stereocenters. The highest BCUT2D eigenvalue weighted by Crippen LogP contribution is 2.33. The lowest BCUT2D eigenvalue weighted by molar-refractivity contribution is -0.148. The van der Waals surface area contributed by atoms with E-state index in [0.29, 0.717) is 19.8 Å². The molecule has 7 heteroatoms. The molecule has 0 saturated carbocycles. The van der Waals surface area contributed by atoms with Gasteiger partial charge in [0, 0.05) is 11.6 Å². The van der Waals surface area contributed by atoms with Crippen molar-refractivity contribution in [3.05, 3.63) is 48.1 Å². The molecule has 0 bridgehead atoms. The number of likely N-dealkylation sites (N-methyl/N-ethyl adjacent to an activating group) is 1. The van der Waals surface area contributed by atoms with Gasteiger partial charge < -0.3 is 23.7 Å². The number of allylic oxidation sites excluding steroid dienone is 4. The minimum absolute atomic E-state index is 0.175. The highest BCUT2D eigenvalue weighted by molar-refractivity contribution is 5.71. The Kier molecular flexibility index (Phi) is 32.7. The minimum atomic E-state index is -0.552. The highest BCUT2D eigenvalue weighted by Gasteiger charge is 2.29. The van der Waals surface area contributed by atoms with Crippen molar-refractivity contribution in [1.82, 2.24) is 4.90 Å². The van der Waals surface area contributed by atoms with Gasteiger partial charge in [-0.05, 0) is 90.4 Å². The molecule has 7 nitrogen and oxygen atoms in total. The summed E-state index contributed by atoms with van der Waals surface area (Å²) in [6.45, 7) is 6.69. The summed E-state index contributed by atoms with van der Waals surface area (Å²) in [5.41, 5.74) is 0.867. The quantitative estimate of drug-likeness (QED) is 0.0373. The van der Waals surface area contributed by atoms with Gasteiger partial charge in [0.25, 0.3) is 0 Å². The van der Waals surface area contributed by atoms with Crippen molar-refractivity contribution in [3.8, 4) is 11.5 Å². The second-order valence-corrected chi connectivity index (χ2v) is 16.7. The van der Waals surface area contributed by atoms with Crippen molar-refractivity contribution < 1.29 is 28.5 Å². The third kappa shape index (κ3) is 29.5. The summed E-state index contributed by atoms with van der Waals surface area (Å²) in [5, 5.41) is 0. The van der Waals surface area contributed by atoms with Crippen LogP contribution in [0.1, 0.15) is 205 Å². The Bertz CT molecular complexity index is 1070. The number of hydrogen-bond donors (Lipinski definition) is 0. The standard InChI is InChI=1S/C50H87NO6/c1-5-7-9-11-13-15-17-19-21-23-25-27-29-31-33-35-37-53-46-39-45(50-56-44-48(57-50)43-55-49(52)42-51(3)4)40-47(41-46)54-38-36-34-32-30-28-26-24-22-20-18-16-14-12-10-8-6-2/h19-22,39-41,48,50H,5-18,23-38,42-44H2,1-4H3. The van der Waals surface area contributed by atoms with Crippen molar-refractivity contribution in [3.63, 3.8) is 0 Å². The van der Waals surface area contributed by atoms with E-state index in [9.17, 15) is 4.79 Å². The first-order valence-electron chi connectivity index (χ1n) is 23.8. The molecule has 0 spiro atoms. The molecule has 0 N–H and O–H groups in total. The van der Waals surface area contributed by atoms with E-state index in [4.69, 9.17) is 23.7 Å². The first kappa shape index (κ1) is 50.8. The van der Waals surface area contributed by atoms with Crippen LogP contribution in [0.3, 0.4) is 0 Å². The molecule has 1 aliphatic rings. The predicted molar refractivity (Wildman–Crippen MR) is 239 cm³/mol. The molecule has 328 valence electrons. The van der Waals surface area contributed by atoms with Crippen LogP contribution in [0.5, 0.6) is 11.5 Å². The molecule has 1 aliphatic heterocycles. The topological polar surface area (TPSA) is 66.5 Å². The summed E-state index contributed by atoms with van der Waals surface area (Å²) >= 11 is 0. The fourth-order valence-electron chi connectivity index (χ4n) is 7.18. The fraction of sp³-hybridized carbons (Fsp3) is 0.780. The van der Waals surface area contributed by atoms with Crippen molar-refractivity contribution in [2.75, 3.05) is 47.1 Å². The third-order valence-corrected chi connectivity index (χ3v) is 10.6. The van der Waals surface area contributed by atoms with Gasteiger partial charge in [-0.2, -0.15) is 0 Å². The third-order valence-electron chi connectivity index (χ3n) is 10.6. The lowest BCUT2D eigenvalue weighted by Crippen LogP contribution is -2.27. The van der Waals surface area contributed by atoms with Gasteiger partial charge in [0.2, 0.25) is 0 Å². The van der Waals surface area contributed by atoms with Crippen molar-refractivity contribution in [2.45, 2.75) is 206 Å². The number of nitrogens with zero attached hydrogens (tertiary/aromatic N) is 1. The highest BCUT2D eigenvalue weighted by atomic mass is 16.7. The van der Waals surface area contributed by atoms with Crippen LogP contribution in [-0.2, 0) is 19.0 Å². The number of rotatable bonds is 39. The molecule has 1 aromatic carbocycles. The van der Waals surface area contributed by atoms with Gasteiger partial charge in [0.1, 0.15) is 24.2 Å². The lowest BCUT2D eigenvalue weighted by atomic mass is 10.1. The van der Waals surface area contributed by atoms with Crippen LogP contribution in [0.2, 0.25) is 0 Å². The molecule has 2 rings (SSSR count). The zero-order chi connectivity index (χ0) is 40.9. The molecular formula is C50H87NO6. The number of carbonyl (C=O) groups is 1. The number of hydrogen-bond acceptors (Lipinski definition) is 7.